The predicted molar refractivity (Wildman–Crippen MR) is 144 cm³/mol. The number of nitrogens with zero attached hydrogens (tertiary/aromatic N) is 3. The highest BCUT2D eigenvalue weighted by Crippen LogP contribution is 2.36. The third-order valence-corrected chi connectivity index (χ3v) is 6.46. The molecule has 6 nitrogen and oxygen atoms in total. The number of halogens is 2. The number of methoxy groups -OCH3 is 1. The second-order valence-corrected chi connectivity index (χ2v) is 9.43. The van der Waals surface area contributed by atoms with Gasteiger partial charge in [-0.1, -0.05) is 71.7 Å². The van der Waals surface area contributed by atoms with Gasteiger partial charge in [-0.25, -0.2) is 4.98 Å². The first-order valence-electron chi connectivity index (χ1n) is 11.2. The molecule has 1 heterocycles. The summed E-state index contributed by atoms with van der Waals surface area (Å²) in [6.07, 6.45) is 2.39. The van der Waals surface area contributed by atoms with Crippen LogP contribution in [0.2, 0.25) is 5.02 Å². The van der Waals surface area contributed by atoms with Crippen LogP contribution >= 0.6 is 27.5 Å². The normalized spacial score (nSPS) is 12.3. The topological polar surface area (TPSA) is 65.7 Å². The van der Waals surface area contributed by atoms with Crippen LogP contribution in [0, 0.1) is 0 Å². The van der Waals surface area contributed by atoms with Crippen LogP contribution in [0.4, 0.5) is 0 Å². The number of hydrogen-bond acceptors (Lipinski definition) is 5. The van der Waals surface area contributed by atoms with Gasteiger partial charge in [0.1, 0.15) is 12.4 Å². The molecule has 0 aliphatic rings. The molecule has 0 amide bonds. The number of aromatic nitrogens is 2. The van der Waals surface area contributed by atoms with Gasteiger partial charge >= 0.3 is 0 Å². The maximum absolute atomic E-state index is 13.3. The minimum Gasteiger partial charge on any atom is -0.493 e. The van der Waals surface area contributed by atoms with Crippen molar-refractivity contribution in [3.63, 3.8) is 0 Å². The molecule has 0 fully saturated rings. The fourth-order valence-corrected chi connectivity index (χ4v) is 4.22. The average molecular weight is 555 g/mol. The molecule has 0 unspecified atom stereocenters. The largest absolute Gasteiger partial charge is 0.493 e. The van der Waals surface area contributed by atoms with E-state index in [4.69, 9.17) is 26.1 Å². The summed E-state index contributed by atoms with van der Waals surface area (Å²) in [5.41, 5.74) is 2.09. The summed E-state index contributed by atoms with van der Waals surface area (Å²) in [6.45, 7) is 4.43. The van der Waals surface area contributed by atoms with Gasteiger partial charge in [-0.15, -0.1) is 0 Å². The number of ether oxygens (including phenoxy) is 2. The summed E-state index contributed by atoms with van der Waals surface area (Å²) in [6, 6.07) is 18.8. The standard InChI is InChI=1S/C27H25BrClN3O3/c1-4-17(2)26-31-23-11-10-20(28)14-21(23)27(33)32(26)30-15-19-12-22(29)25(24(13-19)34-3)35-16-18-8-6-5-7-9-18/h5-15,17H,4,16H2,1-3H3/t17-/m1/s1. The minimum atomic E-state index is -0.233. The summed E-state index contributed by atoms with van der Waals surface area (Å²) in [4.78, 5) is 18.1. The van der Waals surface area contributed by atoms with Gasteiger partial charge in [-0.2, -0.15) is 9.78 Å². The Morgan fingerprint density at radius 2 is 1.94 bits per heavy atom. The van der Waals surface area contributed by atoms with Gasteiger partial charge < -0.3 is 9.47 Å². The van der Waals surface area contributed by atoms with E-state index in [1.807, 2.05) is 49.4 Å². The van der Waals surface area contributed by atoms with Crippen molar-refractivity contribution in [3.8, 4) is 11.5 Å². The Labute approximate surface area is 217 Å². The molecule has 0 saturated carbocycles. The lowest BCUT2D eigenvalue weighted by Gasteiger charge is -2.15. The third-order valence-electron chi connectivity index (χ3n) is 5.69. The van der Waals surface area contributed by atoms with Crippen LogP contribution in [0.25, 0.3) is 10.9 Å². The zero-order valence-corrected chi connectivity index (χ0v) is 22.0. The van der Waals surface area contributed by atoms with Crippen molar-refractivity contribution >= 4 is 44.6 Å². The van der Waals surface area contributed by atoms with Crippen molar-refractivity contribution in [2.24, 2.45) is 5.10 Å². The Kier molecular flexibility index (Phi) is 7.88. The Morgan fingerprint density at radius 1 is 1.17 bits per heavy atom. The summed E-state index contributed by atoms with van der Waals surface area (Å²) in [7, 11) is 1.55. The molecule has 3 aromatic carbocycles. The molecule has 1 aromatic heterocycles. The maximum Gasteiger partial charge on any atom is 0.282 e. The molecule has 0 aliphatic heterocycles. The summed E-state index contributed by atoms with van der Waals surface area (Å²) < 4.78 is 13.6. The molecule has 8 heteroatoms. The molecule has 4 rings (SSSR count). The number of benzene rings is 3. The van der Waals surface area contributed by atoms with E-state index >= 15 is 0 Å². The Bertz CT molecular complexity index is 1440. The van der Waals surface area contributed by atoms with Gasteiger partial charge in [0.25, 0.3) is 5.56 Å². The quantitative estimate of drug-likeness (QED) is 0.225. The van der Waals surface area contributed by atoms with Crippen LogP contribution in [0.3, 0.4) is 0 Å². The predicted octanol–water partition coefficient (Wildman–Crippen LogP) is 6.80. The van der Waals surface area contributed by atoms with Crippen molar-refractivity contribution in [1.29, 1.82) is 0 Å². The van der Waals surface area contributed by atoms with Crippen LogP contribution in [-0.4, -0.2) is 23.0 Å². The van der Waals surface area contributed by atoms with Gasteiger partial charge in [0.15, 0.2) is 11.5 Å². The maximum atomic E-state index is 13.3. The van der Waals surface area contributed by atoms with E-state index in [0.29, 0.717) is 45.4 Å². The van der Waals surface area contributed by atoms with E-state index in [2.05, 4.69) is 28.0 Å². The first-order valence-corrected chi connectivity index (χ1v) is 12.4. The molecular weight excluding hydrogens is 530 g/mol. The summed E-state index contributed by atoms with van der Waals surface area (Å²) >= 11 is 9.97. The summed E-state index contributed by atoms with van der Waals surface area (Å²) in [5.74, 6) is 1.57. The lowest BCUT2D eigenvalue weighted by molar-refractivity contribution is 0.284. The SMILES string of the molecule is CC[C@@H](C)c1nc2ccc(Br)cc2c(=O)n1N=Cc1cc(Cl)c(OCc2ccccc2)c(OC)c1. The Morgan fingerprint density at radius 3 is 2.66 bits per heavy atom. The molecule has 4 aromatic rings. The number of fused-ring (bicyclic) bond motifs is 1. The molecular formula is C27H25BrClN3O3. The van der Waals surface area contributed by atoms with Crippen LogP contribution in [0.5, 0.6) is 11.5 Å². The molecule has 0 N–H and O–H groups in total. The molecule has 180 valence electrons. The second kappa shape index (κ2) is 11.1. The lowest BCUT2D eigenvalue weighted by atomic mass is 10.1. The van der Waals surface area contributed by atoms with E-state index in [-0.39, 0.29) is 11.5 Å². The van der Waals surface area contributed by atoms with Crippen LogP contribution < -0.4 is 15.0 Å². The fourth-order valence-electron chi connectivity index (χ4n) is 3.59. The molecule has 0 saturated heterocycles. The Balaban J connectivity index is 1.71. The van der Waals surface area contributed by atoms with Gasteiger partial charge in [-0.3, -0.25) is 4.79 Å². The van der Waals surface area contributed by atoms with E-state index in [1.165, 1.54) is 4.68 Å². The zero-order chi connectivity index (χ0) is 24.9. The third kappa shape index (κ3) is 5.57. The number of hydrogen-bond donors (Lipinski definition) is 0. The molecule has 0 bridgehead atoms. The van der Waals surface area contributed by atoms with Gasteiger partial charge in [0, 0.05) is 10.4 Å². The number of rotatable bonds is 8. The van der Waals surface area contributed by atoms with Crippen molar-refractivity contribution in [2.75, 3.05) is 7.11 Å². The van der Waals surface area contributed by atoms with E-state index < -0.39 is 0 Å². The van der Waals surface area contributed by atoms with Crippen molar-refractivity contribution in [1.82, 2.24) is 9.66 Å². The van der Waals surface area contributed by atoms with Gasteiger partial charge in [-0.05, 0) is 47.9 Å². The van der Waals surface area contributed by atoms with Gasteiger partial charge in [0.05, 0.1) is 29.2 Å². The molecule has 1 atom stereocenters. The average Bonchev–Trinajstić information content (AvgIpc) is 2.87. The van der Waals surface area contributed by atoms with Crippen LogP contribution in [0.1, 0.15) is 43.1 Å². The smallest absolute Gasteiger partial charge is 0.282 e. The fraction of sp³-hybridized carbons (Fsp3) is 0.222. The van der Waals surface area contributed by atoms with Crippen molar-refractivity contribution in [2.45, 2.75) is 32.8 Å². The highest BCUT2D eigenvalue weighted by Gasteiger charge is 2.16. The molecule has 0 radical (unpaired) electrons. The minimum absolute atomic E-state index is 0.0415. The first kappa shape index (κ1) is 24.9. The Hall–Kier alpha value is -3.16. The van der Waals surface area contributed by atoms with E-state index in [1.54, 1.807) is 31.5 Å². The lowest BCUT2D eigenvalue weighted by Crippen LogP contribution is -2.23. The van der Waals surface area contributed by atoms with E-state index in [0.717, 1.165) is 16.5 Å². The molecule has 35 heavy (non-hydrogen) atoms. The van der Waals surface area contributed by atoms with Crippen molar-refractivity contribution in [3.05, 3.63) is 97.5 Å². The van der Waals surface area contributed by atoms with Crippen molar-refractivity contribution < 1.29 is 9.47 Å². The molecule has 0 spiro atoms. The molecule has 0 aliphatic carbocycles. The van der Waals surface area contributed by atoms with Crippen LogP contribution in [-0.2, 0) is 6.61 Å². The van der Waals surface area contributed by atoms with Gasteiger partial charge in [0.2, 0.25) is 0 Å². The monoisotopic (exact) mass is 553 g/mol. The van der Waals surface area contributed by atoms with Crippen LogP contribution in [0.15, 0.2) is 75.0 Å². The van der Waals surface area contributed by atoms with E-state index in [9.17, 15) is 4.79 Å². The summed E-state index contributed by atoms with van der Waals surface area (Å²) in [5, 5.41) is 5.39. The first-order chi connectivity index (χ1) is 16.9. The zero-order valence-electron chi connectivity index (χ0n) is 19.7. The highest BCUT2D eigenvalue weighted by atomic mass is 79.9. The second-order valence-electron chi connectivity index (χ2n) is 8.11. The highest BCUT2D eigenvalue weighted by molar-refractivity contribution is 9.10.